The van der Waals surface area contributed by atoms with Crippen LogP contribution in [0.2, 0.25) is 0 Å². The third-order valence-corrected chi connectivity index (χ3v) is 11.7. The molecule has 5 aliphatic rings. The molecule has 1 aromatic carbocycles. The number of carbonyl (C=O) groups is 1. The second kappa shape index (κ2) is 9.91. The SMILES string of the molecule is C#CC1(O)CCC2C3CCC4=Cc5oncc5CC4(C)C3CCC21C.COc1c(C(=O)O)ccc2c1CCC(C)(C)O2. The molecule has 224 valence electrons. The van der Waals surface area contributed by atoms with Gasteiger partial charge in [0.05, 0.1) is 13.3 Å². The lowest BCUT2D eigenvalue weighted by molar-refractivity contribution is -0.0975. The number of fused-ring (bicyclic) bond motifs is 7. The van der Waals surface area contributed by atoms with Crippen LogP contribution in [0.15, 0.2) is 28.4 Å². The van der Waals surface area contributed by atoms with Crippen LogP contribution in [-0.4, -0.2) is 39.7 Å². The fourth-order valence-corrected chi connectivity index (χ4v) is 9.25. The van der Waals surface area contributed by atoms with Gasteiger partial charge in [-0.2, -0.15) is 0 Å². The number of rotatable bonds is 2. The summed E-state index contributed by atoms with van der Waals surface area (Å²) in [6.07, 6.45) is 19.0. The molecular weight excluding hydrogens is 530 g/mol. The van der Waals surface area contributed by atoms with Gasteiger partial charge in [0.1, 0.15) is 28.3 Å². The van der Waals surface area contributed by atoms with Crippen molar-refractivity contribution < 1.29 is 29.0 Å². The summed E-state index contributed by atoms with van der Waals surface area (Å²) in [5.41, 5.74) is 2.83. The minimum Gasteiger partial charge on any atom is -0.495 e. The van der Waals surface area contributed by atoms with Gasteiger partial charge in [0, 0.05) is 16.5 Å². The molecule has 7 heteroatoms. The first-order valence-corrected chi connectivity index (χ1v) is 15.3. The van der Waals surface area contributed by atoms with Gasteiger partial charge < -0.3 is 24.2 Å². The molecule has 3 saturated carbocycles. The van der Waals surface area contributed by atoms with Gasteiger partial charge in [0.2, 0.25) is 0 Å². The summed E-state index contributed by atoms with van der Waals surface area (Å²) >= 11 is 0. The summed E-state index contributed by atoms with van der Waals surface area (Å²) in [4.78, 5) is 11.1. The van der Waals surface area contributed by atoms with Crippen molar-refractivity contribution in [2.75, 3.05) is 7.11 Å². The molecule has 42 heavy (non-hydrogen) atoms. The van der Waals surface area contributed by atoms with E-state index in [-0.39, 0.29) is 22.0 Å². The quantitative estimate of drug-likeness (QED) is 0.385. The molecule has 0 bridgehead atoms. The molecule has 3 fully saturated rings. The lowest BCUT2D eigenvalue weighted by Gasteiger charge is -2.58. The van der Waals surface area contributed by atoms with Crippen LogP contribution < -0.4 is 9.47 Å². The molecule has 7 nitrogen and oxygen atoms in total. The maximum Gasteiger partial charge on any atom is 0.339 e. The normalized spacial score (nSPS) is 35.3. The van der Waals surface area contributed by atoms with Crippen molar-refractivity contribution in [1.82, 2.24) is 5.16 Å². The van der Waals surface area contributed by atoms with Crippen molar-refractivity contribution in [2.24, 2.45) is 28.6 Å². The minimum absolute atomic E-state index is 0.114. The van der Waals surface area contributed by atoms with E-state index >= 15 is 0 Å². The Morgan fingerprint density at radius 1 is 1.10 bits per heavy atom. The van der Waals surface area contributed by atoms with Crippen molar-refractivity contribution in [1.29, 1.82) is 0 Å². The number of nitrogens with zero attached hydrogens (tertiary/aromatic N) is 1. The Kier molecular flexibility index (Phi) is 6.81. The van der Waals surface area contributed by atoms with Gasteiger partial charge in [-0.05, 0) is 113 Å². The largest absolute Gasteiger partial charge is 0.495 e. The van der Waals surface area contributed by atoms with E-state index in [4.69, 9.17) is 25.5 Å². The molecule has 7 rings (SSSR count). The Balaban J connectivity index is 0.000000163. The Labute approximate surface area is 248 Å². The number of terminal acetylenes is 1. The van der Waals surface area contributed by atoms with Gasteiger partial charge in [-0.3, -0.25) is 0 Å². The second-order valence-corrected chi connectivity index (χ2v) is 14.2. The second-order valence-electron chi connectivity index (χ2n) is 14.2. The number of ether oxygens (including phenoxy) is 2. The van der Waals surface area contributed by atoms with Crippen molar-refractivity contribution in [2.45, 2.75) is 96.7 Å². The summed E-state index contributed by atoms with van der Waals surface area (Å²) in [6, 6.07) is 3.24. The molecule has 1 aliphatic heterocycles. The predicted octanol–water partition coefficient (Wildman–Crippen LogP) is 6.72. The van der Waals surface area contributed by atoms with Crippen molar-refractivity contribution in [3.63, 3.8) is 0 Å². The number of hydrogen-bond donors (Lipinski definition) is 2. The van der Waals surface area contributed by atoms with Gasteiger partial charge in [-0.25, -0.2) is 4.79 Å². The van der Waals surface area contributed by atoms with Gasteiger partial charge >= 0.3 is 5.97 Å². The number of aliphatic hydroxyl groups is 1. The topological polar surface area (TPSA) is 102 Å². The molecule has 0 saturated heterocycles. The van der Waals surface area contributed by atoms with Crippen LogP contribution in [0.1, 0.15) is 99.9 Å². The van der Waals surface area contributed by atoms with E-state index in [0.717, 1.165) is 68.4 Å². The molecule has 2 N–H and O–H groups in total. The summed E-state index contributed by atoms with van der Waals surface area (Å²) in [7, 11) is 1.49. The van der Waals surface area contributed by atoms with Crippen LogP contribution in [0.25, 0.3) is 6.08 Å². The summed E-state index contributed by atoms with van der Waals surface area (Å²) in [5, 5.41) is 24.2. The van der Waals surface area contributed by atoms with Crippen LogP contribution in [-0.2, 0) is 12.8 Å². The van der Waals surface area contributed by atoms with E-state index in [1.54, 1.807) is 11.6 Å². The van der Waals surface area contributed by atoms with Crippen LogP contribution in [0.4, 0.5) is 0 Å². The smallest absolute Gasteiger partial charge is 0.339 e. The molecular formula is C35H43NO6. The standard InChI is InChI=1S/C22H27NO2.C13H16O4/c1-4-22(24)10-8-18-16-6-5-15-11-19-14(13-23-25-19)12-20(15,2)17(16)7-9-21(18,22)3;1-13(2)7-6-8-10(17-13)5-4-9(12(14)15)11(8)16-3/h1,11,13,16-18,24H,5-10,12H2,2-3H3;4-5H,6-7H2,1-3H3,(H,14,15). The lowest BCUT2D eigenvalue weighted by atomic mass is 9.46. The molecule has 2 heterocycles. The van der Waals surface area contributed by atoms with E-state index in [9.17, 15) is 9.90 Å². The van der Waals surface area contributed by atoms with E-state index in [2.05, 4.69) is 31.0 Å². The Bertz CT molecular complexity index is 1480. The zero-order chi connectivity index (χ0) is 30.1. The van der Waals surface area contributed by atoms with Gasteiger partial charge in [0.25, 0.3) is 0 Å². The molecule has 4 aliphatic carbocycles. The van der Waals surface area contributed by atoms with Crippen LogP contribution in [0.3, 0.4) is 0 Å². The molecule has 0 amide bonds. The maximum absolute atomic E-state index is 11.1. The van der Waals surface area contributed by atoms with Gasteiger partial charge in [0.15, 0.2) is 5.76 Å². The zero-order valence-electron chi connectivity index (χ0n) is 25.5. The molecule has 1 aromatic heterocycles. The monoisotopic (exact) mass is 573 g/mol. The van der Waals surface area contributed by atoms with E-state index < -0.39 is 11.6 Å². The first kappa shape index (κ1) is 28.9. The summed E-state index contributed by atoms with van der Waals surface area (Å²) in [6.45, 7) is 8.76. The Hall–Kier alpha value is -3.24. The molecule has 6 atom stereocenters. The third kappa shape index (κ3) is 4.28. The average Bonchev–Trinajstić information content (AvgIpc) is 3.51. The Morgan fingerprint density at radius 3 is 2.57 bits per heavy atom. The van der Waals surface area contributed by atoms with Crippen molar-refractivity contribution >= 4 is 12.0 Å². The molecule has 6 unspecified atom stereocenters. The van der Waals surface area contributed by atoms with Crippen LogP contribution >= 0.6 is 0 Å². The number of methoxy groups -OCH3 is 1. The minimum atomic E-state index is -0.977. The average molecular weight is 574 g/mol. The number of hydrogen-bond acceptors (Lipinski definition) is 6. The maximum atomic E-state index is 11.1. The fraction of sp³-hybridized carbons (Fsp3) is 0.600. The first-order chi connectivity index (χ1) is 19.9. The predicted molar refractivity (Wildman–Crippen MR) is 159 cm³/mol. The van der Waals surface area contributed by atoms with Gasteiger partial charge in [-0.1, -0.05) is 30.5 Å². The highest BCUT2D eigenvalue weighted by Gasteiger charge is 2.63. The summed E-state index contributed by atoms with van der Waals surface area (Å²) < 4.78 is 16.5. The van der Waals surface area contributed by atoms with Crippen molar-refractivity contribution in [3.8, 4) is 23.8 Å². The van der Waals surface area contributed by atoms with Crippen molar-refractivity contribution in [3.05, 3.63) is 46.4 Å². The molecule has 0 spiro atoms. The van der Waals surface area contributed by atoms with Gasteiger partial charge in [-0.15, -0.1) is 6.42 Å². The Morgan fingerprint density at radius 2 is 1.86 bits per heavy atom. The lowest BCUT2D eigenvalue weighted by Crippen LogP contribution is -2.54. The van der Waals surface area contributed by atoms with E-state index in [1.165, 1.54) is 25.2 Å². The number of allylic oxidation sites excluding steroid dienone is 1. The fourth-order valence-electron chi connectivity index (χ4n) is 9.25. The number of aromatic carboxylic acids is 1. The molecule has 2 aromatic rings. The van der Waals surface area contributed by atoms with Crippen LogP contribution in [0.5, 0.6) is 11.5 Å². The highest BCUT2D eigenvalue weighted by atomic mass is 16.5. The highest BCUT2D eigenvalue weighted by molar-refractivity contribution is 5.92. The third-order valence-electron chi connectivity index (χ3n) is 11.7. The van der Waals surface area contributed by atoms with E-state index in [0.29, 0.717) is 23.5 Å². The number of carboxylic acids is 1. The first-order valence-electron chi connectivity index (χ1n) is 15.3. The number of aromatic nitrogens is 1. The number of benzene rings is 1. The molecule has 0 radical (unpaired) electrons. The van der Waals surface area contributed by atoms with E-state index in [1.807, 2.05) is 20.0 Å². The highest BCUT2D eigenvalue weighted by Crippen LogP contribution is 2.67. The number of carboxylic acid groups (broad SMARTS) is 1. The summed E-state index contributed by atoms with van der Waals surface area (Å²) in [5.74, 6) is 5.81. The van der Waals surface area contributed by atoms with Crippen LogP contribution in [0, 0.1) is 40.9 Å². The zero-order valence-corrected chi connectivity index (χ0v) is 25.5.